The zero-order chi connectivity index (χ0) is 16.3. The van der Waals surface area contributed by atoms with Crippen molar-refractivity contribution in [2.75, 3.05) is 13.2 Å². The summed E-state index contributed by atoms with van der Waals surface area (Å²) in [5.74, 6) is -1.15. The molecule has 0 aromatic carbocycles. The van der Waals surface area contributed by atoms with Crippen molar-refractivity contribution < 1.29 is 24.1 Å². The number of carbonyl (C=O) groups excluding carboxylic acids is 1. The van der Waals surface area contributed by atoms with Crippen molar-refractivity contribution in [1.82, 2.24) is 15.0 Å². The summed E-state index contributed by atoms with van der Waals surface area (Å²) in [6.07, 6.45) is 6.18. The fourth-order valence-electron chi connectivity index (χ4n) is 3.23. The Hall–Kier alpha value is -1.51. The zero-order valence-corrected chi connectivity index (χ0v) is 13.3. The second-order valence-electron chi connectivity index (χ2n) is 5.99. The summed E-state index contributed by atoms with van der Waals surface area (Å²) in [7, 11) is 0. The Kier molecular flexibility index (Phi) is 4.93. The van der Waals surface area contributed by atoms with Crippen molar-refractivity contribution in [1.29, 1.82) is 0 Å². The number of aliphatic hydroxyl groups is 1. The minimum absolute atomic E-state index is 0.00606. The molecule has 1 aromatic heterocycles. The molecule has 8 nitrogen and oxygen atoms in total. The van der Waals surface area contributed by atoms with Crippen molar-refractivity contribution in [2.24, 2.45) is 0 Å². The molecule has 2 fully saturated rings. The third kappa shape index (κ3) is 3.54. The maximum atomic E-state index is 11.7. The summed E-state index contributed by atoms with van der Waals surface area (Å²) in [5.41, 5.74) is 0.174. The van der Waals surface area contributed by atoms with Gasteiger partial charge in [-0.15, -0.1) is 5.10 Å². The molecule has 128 valence electrons. The average molecular weight is 325 g/mol. The molecule has 0 unspecified atom stereocenters. The van der Waals surface area contributed by atoms with Crippen LogP contribution < -0.4 is 0 Å². The number of carbonyl (C=O) groups is 1. The van der Waals surface area contributed by atoms with Gasteiger partial charge < -0.3 is 19.3 Å². The monoisotopic (exact) mass is 325 g/mol. The standard InChI is InChI=1S/C15H23N3O5/c1-2-21-14(20)12-9-18(17-16-12)13-6-4-8-15(23-13)7-3-5-11(10-19)22-15/h9,11,13,19H,2-8,10H2,1H3/t11-,13-,15-/m0/s1. The second-order valence-corrected chi connectivity index (χ2v) is 5.99. The lowest BCUT2D eigenvalue weighted by Crippen LogP contribution is -2.47. The lowest BCUT2D eigenvalue weighted by molar-refractivity contribution is -0.332. The molecule has 0 aliphatic carbocycles. The van der Waals surface area contributed by atoms with Gasteiger partial charge in [0, 0.05) is 12.8 Å². The molecule has 3 atom stereocenters. The lowest BCUT2D eigenvalue weighted by Gasteiger charge is -2.45. The van der Waals surface area contributed by atoms with E-state index in [1.165, 1.54) is 0 Å². The van der Waals surface area contributed by atoms with Gasteiger partial charge in [-0.2, -0.15) is 0 Å². The van der Waals surface area contributed by atoms with E-state index in [4.69, 9.17) is 14.2 Å². The van der Waals surface area contributed by atoms with E-state index in [0.29, 0.717) is 6.61 Å². The van der Waals surface area contributed by atoms with Gasteiger partial charge in [0.1, 0.15) is 0 Å². The minimum atomic E-state index is -0.662. The van der Waals surface area contributed by atoms with Gasteiger partial charge in [-0.05, 0) is 32.6 Å². The van der Waals surface area contributed by atoms with E-state index in [0.717, 1.165) is 38.5 Å². The number of aliphatic hydroxyl groups excluding tert-OH is 1. The molecular formula is C15H23N3O5. The van der Waals surface area contributed by atoms with Crippen molar-refractivity contribution in [2.45, 2.75) is 63.6 Å². The average Bonchev–Trinajstić information content (AvgIpc) is 3.05. The van der Waals surface area contributed by atoms with Gasteiger partial charge in [-0.3, -0.25) is 0 Å². The number of hydrogen-bond acceptors (Lipinski definition) is 7. The first-order chi connectivity index (χ1) is 11.2. The highest BCUT2D eigenvalue weighted by molar-refractivity contribution is 5.86. The number of rotatable bonds is 4. The predicted octanol–water partition coefficient (Wildman–Crippen LogP) is 1.41. The molecule has 0 amide bonds. The molecule has 8 heteroatoms. The Balaban J connectivity index is 1.70. The highest BCUT2D eigenvalue weighted by Crippen LogP contribution is 2.41. The van der Waals surface area contributed by atoms with E-state index in [1.807, 2.05) is 0 Å². The normalized spacial score (nSPS) is 31.2. The van der Waals surface area contributed by atoms with Crippen LogP contribution >= 0.6 is 0 Å². The Morgan fingerprint density at radius 2 is 2.22 bits per heavy atom. The SMILES string of the molecule is CCOC(=O)c1cn([C@@H]2CCC[C@]3(CCC[C@@H](CO)O3)O2)nn1. The molecule has 2 saturated heterocycles. The maximum Gasteiger partial charge on any atom is 0.360 e. The van der Waals surface area contributed by atoms with Crippen LogP contribution in [0.1, 0.15) is 62.2 Å². The molecule has 1 spiro atoms. The first-order valence-corrected chi connectivity index (χ1v) is 8.21. The van der Waals surface area contributed by atoms with E-state index in [-0.39, 0.29) is 24.6 Å². The highest BCUT2D eigenvalue weighted by Gasteiger charge is 2.43. The lowest BCUT2D eigenvalue weighted by atomic mass is 9.94. The van der Waals surface area contributed by atoms with E-state index in [1.54, 1.807) is 17.8 Å². The van der Waals surface area contributed by atoms with Crippen LogP contribution in [0.5, 0.6) is 0 Å². The number of nitrogens with zero attached hydrogens (tertiary/aromatic N) is 3. The van der Waals surface area contributed by atoms with Crippen LogP contribution in [0.3, 0.4) is 0 Å². The molecule has 3 heterocycles. The number of hydrogen-bond donors (Lipinski definition) is 1. The van der Waals surface area contributed by atoms with Crippen LogP contribution in [0.2, 0.25) is 0 Å². The molecule has 0 radical (unpaired) electrons. The van der Waals surface area contributed by atoms with Gasteiger partial charge in [0.05, 0.1) is 25.5 Å². The second kappa shape index (κ2) is 6.94. The van der Waals surface area contributed by atoms with E-state index in [9.17, 15) is 9.90 Å². The van der Waals surface area contributed by atoms with Gasteiger partial charge in [0.15, 0.2) is 17.7 Å². The van der Waals surface area contributed by atoms with Crippen LogP contribution in [0.4, 0.5) is 0 Å². The molecule has 1 aromatic rings. The van der Waals surface area contributed by atoms with Gasteiger partial charge in [-0.1, -0.05) is 5.21 Å². The van der Waals surface area contributed by atoms with Gasteiger partial charge in [0.25, 0.3) is 0 Å². The molecule has 23 heavy (non-hydrogen) atoms. The Morgan fingerprint density at radius 3 is 2.96 bits per heavy atom. The third-order valence-electron chi connectivity index (χ3n) is 4.32. The zero-order valence-electron chi connectivity index (χ0n) is 13.3. The number of aromatic nitrogens is 3. The molecular weight excluding hydrogens is 302 g/mol. The van der Waals surface area contributed by atoms with Crippen LogP contribution in [-0.2, 0) is 14.2 Å². The van der Waals surface area contributed by atoms with E-state index >= 15 is 0 Å². The summed E-state index contributed by atoms with van der Waals surface area (Å²) >= 11 is 0. The molecule has 3 rings (SSSR count). The van der Waals surface area contributed by atoms with Crippen molar-refractivity contribution >= 4 is 5.97 Å². The first-order valence-electron chi connectivity index (χ1n) is 8.21. The van der Waals surface area contributed by atoms with Gasteiger partial charge in [-0.25, -0.2) is 9.48 Å². The Bertz CT molecular complexity index is 545. The summed E-state index contributed by atoms with van der Waals surface area (Å²) in [4.78, 5) is 11.7. The molecule has 2 aliphatic heterocycles. The fourth-order valence-corrected chi connectivity index (χ4v) is 3.23. The molecule has 0 bridgehead atoms. The number of esters is 1. The quantitative estimate of drug-likeness (QED) is 0.836. The largest absolute Gasteiger partial charge is 0.461 e. The van der Waals surface area contributed by atoms with Crippen LogP contribution in [-0.4, -0.2) is 51.2 Å². The van der Waals surface area contributed by atoms with Gasteiger partial charge in [0.2, 0.25) is 0 Å². The minimum Gasteiger partial charge on any atom is -0.461 e. The van der Waals surface area contributed by atoms with Crippen molar-refractivity contribution in [3.05, 3.63) is 11.9 Å². The van der Waals surface area contributed by atoms with Crippen LogP contribution in [0.15, 0.2) is 6.20 Å². The number of ether oxygens (including phenoxy) is 3. The summed E-state index contributed by atoms with van der Waals surface area (Å²) in [5, 5.41) is 17.2. The maximum absolute atomic E-state index is 11.7. The van der Waals surface area contributed by atoms with E-state index in [2.05, 4.69) is 10.3 Å². The Morgan fingerprint density at radius 1 is 1.43 bits per heavy atom. The predicted molar refractivity (Wildman–Crippen MR) is 78.5 cm³/mol. The molecule has 1 N–H and O–H groups in total. The smallest absolute Gasteiger partial charge is 0.360 e. The van der Waals surface area contributed by atoms with Crippen molar-refractivity contribution in [3.8, 4) is 0 Å². The first kappa shape index (κ1) is 16.4. The highest BCUT2D eigenvalue weighted by atomic mass is 16.7. The van der Waals surface area contributed by atoms with Crippen molar-refractivity contribution in [3.63, 3.8) is 0 Å². The molecule has 2 aliphatic rings. The summed E-state index contributed by atoms with van der Waals surface area (Å²) in [6, 6.07) is 0. The fraction of sp³-hybridized carbons (Fsp3) is 0.800. The van der Waals surface area contributed by atoms with E-state index < -0.39 is 11.8 Å². The summed E-state index contributed by atoms with van der Waals surface area (Å²) in [6.45, 7) is 2.05. The topological polar surface area (TPSA) is 95.7 Å². The molecule has 0 saturated carbocycles. The Labute approximate surface area is 134 Å². The third-order valence-corrected chi connectivity index (χ3v) is 4.32. The van der Waals surface area contributed by atoms with Crippen LogP contribution in [0.25, 0.3) is 0 Å². The van der Waals surface area contributed by atoms with Gasteiger partial charge >= 0.3 is 5.97 Å². The summed E-state index contributed by atoms with van der Waals surface area (Å²) < 4.78 is 18.6. The van der Waals surface area contributed by atoms with Crippen LogP contribution in [0, 0.1) is 0 Å².